The highest BCUT2D eigenvalue weighted by atomic mass is 16.7. The van der Waals surface area contributed by atoms with Crippen LogP contribution in [0.5, 0.6) is 0 Å². The Morgan fingerprint density at radius 3 is 0.843 bits per heavy atom. The van der Waals surface area contributed by atoms with E-state index in [0.717, 1.165) is 161 Å². The zero-order valence-corrected chi connectivity index (χ0v) is 84.2. The topological polar surface area (TPSA) is 370 Å². The van der Waals surface area contributed by atoms with Crippen molar-refractivity contribution >= 4 is 41.8 Å². The summed E-state index contributed by atoms with van der Waals surface area (Å²) in [6.07, 6.45) is 28.5. The number of carboxylic acids is 1. The maximum atomic E-state index is 12.6. The van der Waals surface area contributed by atoms with Gasteiger partial charge in [0.25, 0.3) is 0 Å². The van der Waals surface area contributed by atoms with Gasteiger partial charge in [0.05, 0.1) is 129 Å². The van der Waals surface area contributed by atoms with Crippen molar-refractivity contribution in [3.8, 4) is 0 Å². The van der Waals surface area contributed by atoms with Crippen LogP contribution in [0.3, 0.4) is 0 Å². The molecule has 27 heteroatoms. The number of aliphatic carboxylic acids is 1. The number of benzene rings is 3. The molecular weight excluding hydrogens is 1720 g/mol. The fourth-order valence-corrected chi connectivity index (χ4v) is 16.7. The Kier molecular flexibility index (Phi) is 63.4. The molecule has 0 bridgehead atoms. The fourth-order valence-electron chi connectivity index (χ4n) is 16.7. The number of esters is 6. The van der Waals surface area contributed by atoms with Crippen LogP contribution in [0.2, 0.25) is 0 Å². The number of hydrogen-bond donors (Lipinski definition) is 6. The molecule has 27 nitrogen and oxygen atoms in total. The average molecular weight is 1890 g/mol. The molecule has 4 aliphatic rings. The van der Waals surface area contributed by atoms with Gasteiger partial charge in [-0.1, -0.05) is 243 Å². The zero-order chi connectivity index (χ0) is 98.5. The molecule has 0 spiro atoms. The van der Waals surface area contributed by atoms with Gasteiger partial charge in [0.1, 0.15) is 6.10 Å². The number of carbonyl (C=O) groups is 7. The maximum absolute atomic E-state index is 12.6. The highest BCUT2D eigenvalue weighted by molar-refractivity contribution is 5.90. The predicted molar refractivity (Wildman–Crippen MR) is 515 cm³/mol. The minimum absolute atomic E-state index is 0.00607. The third-order valence-corrected chi connectivity index (χ3v) is 25.5. The van der Waals surface area contributed by atoms with Crippen molar-refractivity contribution in [2.75, 3.05) is 19.8 Å². The minimum atomic E-state index is -0.953. The van der Waals surface area contributed by atoms with Gasteiger partial charge in [-0.2, -0.15) is 0 Å². The van der Waals surface area contributed by atoms with Crippen molar-refractivity contribution in [2.45, 2.75) is 484 Å². The smallest absolute Gasteiger partial charge is 0.338 e. The average Bonchev–Trinajstić information content (AvgIpc) is 0.835. The molecule has 0 aliphatic carbocycles. The lowest BCUT2D eigenvalue weighted by Gasteiger charge is -2.39. The molecule has 0 saturated carbocycles. The SMILES string of the molecule is CC1O[C@@H](O[C@@H](C)CCCCCCCC[C@@H](O)CC(=O)O)C(O)C[C@H]1O.CCOC(=O)C[C@H](C)CCCCCCCC[C@H](C)O[C@@H]1OC(C)[C@H](C)CC1OC(=O)c1ccccc1.CCOC(=O)C[C@H](O)CCCCCCCC[C@H](C)O[C@@H]1OC(C)[C@H](C)CC1OC(=O)c1ccccc1.CCOC(=O)C[C@H](O)CCCCCCCC[C@H](C)O[C@@H]1OC(C)[C@H](C)CC1OC(=O)c1ccccc1. The van der Waals surface area contributed by atoms with Crippen LogP contribution < -0.4 is 0 Å². The molecule has 0 radical (unpaired) electrons. The largest absolute Gasteiger partial charge is 0.481 e. The van der Waals surface area contributed by atoms with E-state index in [1.54, 1.807) is 57.2 Å². The molecular formula is C107H176O27. The van der Waals surface area contributed by atoms with E-state index in [1.807, 2.05) is 96.1 Å². The number of rotatable bonds is 61. The Labute approximate surface area is 803 Å². The van der Waals surface area contributed by atoms with Crippen LogP contribution in [0.15, 0.2) is 91.0 Å². The molecule has 4 aliphatic heterocycles. The third kappa shape index (κ3) is 53.6. The van der Waals surface area contributed by atoms with E-state index >= 15 is 0 Å². The van der Waals surface area contributed by atoms with Crippen molar-refractivity contribution < 1.29 is 131 Å². The lowest BCUT2D eigenvalue weighted by Crippen LogP contribution is -2.48. The number of carbonyl (C=O) groups excluding carboxylic acids is 6. The third-order valence-electron chi connectivity index (χ3n) is 25.5. The summed E-state index contributed by atoms with van der Waals surface area (Å²) in [4.78, 5) is 82.5. The molecule has 8 unspecified atom stereocenters. The van der Waals surface area contributed by atoms with E-state index in [2.05, 4.69) is 41.5 Å². The summed E-state index contributed by atoms with van der Waals surface area (Å²) in [7, 11) is 0. The molecule has 3 aromatic rings. The van der Waals surface area contributed by atoms with Gasteiger partial charge < -0.3 is 97.0 Å². The molecule has 3 aromatic carbocycles. The summed E-state index contributed by atoms with van der Waals surface area (Å²) in [5.74, 6) is -1.47. The van der Waals surface area contributed by atoms with Gasteiger partial charge in [0.2, 0.25) is 0 Å². The lowest BCUT2D eigenvalue weighted by atomic mass is 9.95. The first-order valence-electron chi connectivity index (χ1n) is 51.3. The van der Waals surface area contributed by atoms with E-state index in [9.17, 15) is 59.1 Å². The van der Waals surface area contributed by atoms with E-state index in [0.29, 0.717) is 86.9 Å². The van der Waals surface area contributed by atoms with E-state index in [1.165, 1.54) is 32.1 Å². The zero-order valence-electron chi connectivity index (χ0n) is 84.2. The van der Waals surface area contributed by atoms with Gasteiger partial charge in [0.15, 0.2) is 43.5 Å². The second-order valence-electron chi connectivity index (χ2n) is 38.1. The first kappa shape index (κ1) is 120. The van der Waals surface area contributed by atoms with E-state index in [4.69, 9.17) is 71.4 Å². The maximum Gasteiger partial charge on any atom is 0.338 e. The summed E-state index contributed by atoms with van der Waals surface area (Å²) in [6.45, 7) is 31.1. The lowest BCUT2D eigenvalue weighted by molar-refractivity contribution is -0.273. The van der Waals surface area contributed by atoms with Crippen molar-refractivity contribution in [2.24, 2.45) is 23.7 Å². The van der Waals surface area contributed by atoms with Gasteiger partial charge in [0, 0.05) is 12.8 Å². The van der Waals surface area contributed by atoms with Crippen LogP contribution in [0.1, 0.15) is 392 Å². The minimum Gasteiger partial charge on any atom is -0.481 e. The molecule has 4 saturated heterocycles. The Morgan fingerprint density at radius 2 is 0.560 bits per heavy atom. The quantitative estimate of drug-likeness (QED) is 0.0174. The Balaban J connectivity index is 0.000000376. The van der Waals surface area contributed by atoms with Crippen molar-refractivity contribution in [1.29, 1.82) is 0 Å². The highest BCUT2D eigenvalue weighted by Gasteiger charge is 2.42. The van der Waals surface area contributed by atoms with Gasteiger partial charge in [-0.05, 0) is 200 Å². The van der Waals surface area contributed by atoms with Crippen LogP contribution in [0, 0.1) is 23.7 Å². The van der Waals surface area contributed by atoms with Gasteiger partial charge in [-0.25, -0.2) is 14.4 Å². The number of unbranched alkanes of at least 4 members (excludes halogenated alkanes) is 20. The van der Waals surface area contributed by atoms with Crippen LogP contribution in [-0.2, 0) is 85.5 Å². The number of hydrogen-bond acceptors (Lipinski definition) is 26. The van der Waals surface area contributed by atoms with Gasteiger partial charge in [-0.3, -0.25) is 19.2 Å². The summed E-state index contributed by atoms with van der Waals surface area (Å²) in [5.41, 5.74) is 1.61. The van der Waals surface area contributed by atoms with E-state index < -0.39 is 80.0 Å². The summed E-state index contributed by atoms with van der Waals surface area (Å²) < 4.78 is 80.5. The number of aliphatic hydroxyl groups is 5. The molecule has 134 heavy (non-hydrogen) atoms. The molecule has 24 atom stereocenters. The molecule has 6 N–H and O–H groups in total. The van der Waals surface area contributed by atoms with Gasteiger partial charge >= 0.3 is 41.8 Å². The Hall–Kier alpha value is -6.57. The van der Waals surface area contributed by atoms with Gasteiger partial charge in [-0.15, -0.1) is 0 Å². The monoisotopic (exact) mass is 1890 g/mol. The Morgan fingerprint density at radius 1 is 0.313 bits per heavy atom. The number of ether oxygens (including phenoxy) is 14. The van der Waals surface area contributed by atoms with E-state index in [-0.39, 0.29) is 122 Å². The second-order valence-corrected chi connectivity index (χ2v) is 38.1. The molecule has 0 amide bonds. The molecule has 4 heterocycles. The number of aliphatic hydroxyl groups excluding tert-OH is 5. The first-order chi connectivity index (χ1) is 64.2. The van der Waals surface area contributed by atoms with Crippen LogP contribution in [0.25, 0.3) is 0 Å². The molecule has 7 rings (SSSR count). The number of carboxylic acid groups (broad SMARTS) is 1. The fraction of sp³-hybridized carbons (Fsp3) is 0.766. The van der Waals surface area contributed by atoms with Crippen molar-refractivity contribution in [1.82, 2.24) is 0 Å². The van der Waals surface area contributed by atoms with Crippen LogP contribution >= 0.6 is 0 Å². The second kappa shape index (κ2) is 71.0. The summed E-state index contributed by atoms with van der Waals surface area (Å²) in [5, 5.41) is 57.4. The van der Waals surface area contributed by atoms with Crippen LogP contribution in [-0.4, -0.2) is 215 Å². The standard InChI is InChI=1S/C30H48O6.2C29H46O7.C19H36O7/c1-6-33-28(31)20-22(2)16-12-9-7-8-10-13-17-24(4)34-30-27(21-23(3)25(5)35-30)36-29(32)26-18-14-11-15-19-26;2*1-5-33-27(31)20-25(30)18-14-9-7-6-8-11-15-22(3)34-29-26(19-21(2)23(4)35-29)36-28(32)24-16-12-10-13-17-24;1-13(25-19-17(22)12-16(21)14(2)26-19)9-7-5-3-4-6-8-10-15(20)11-18(23)24/h11,14-15,18-19,22-25,27,30H,6-10,12-13,16-17,20-21H2,1-5H3;2*10,12-13,16-17,21-23,25-26,29-30H,5-9,11,14-15,18-20H2,1-4H3;13-17,19-22H,3-12H2,1-2H3,(H,23,24)/t22-,23-,24+,25?,27?,30-;2*21-,22+,23?,25-,26?,29-;13-,14?,15+,16+,17?,19+/m1110/s1. The van der Waals surface area contributed by atoms with Crippen LogP contribution in [0.4, 0.5) is 0 Å². The predicted octanol–water partition coefficient (Wildman–Crippen LogP) is 20.9. The van der Waals surface area contributed by atoms with Crippen molar-refractivity contribution in [3.63, 3.8) is 0 Å². The first-order valence-corrected chi connectivity index (χ1v) is 51.3. The Bertz CT molecular complexity index is 3240. The summed E-state index contributed by atoms with van der Waals surface area (Å²) >= 11 is 0. The highest BCUT2D eigenvalue weighted by Crippen LogP contribution is 2.35. The van der Waals surface area contributed by atoms with Crippen molar-refractivity contribution in [3.05, 3.63) is 108 Å². The summed E-state index contributed by atoms with van der Waals surface area (Å²) in [6, 6.07) is 27.1. The normalized spacial score (nSPS) is 24.6. The molecule has 766 valence electrons. The molecule has 0 aromatic heterocycles. The molecule has 4 fully saturated rings.